The minimum atomic E-state index is -1.16. The van der Waals surface area contributed by atoms with E-state index in [1.54, 1.807) is 32.9 Å². The van der Waals surface area contributed by atoms with Gasteiger partial charge in [-0.15, -0.1) is 0 Å². The van der Waals surface area contributed by atoms with Gasteiger partial charge in [-0.1, -0.05) is 13.8 Å². The van der Waals surface area contributed by atoms with Crippen molar-refractivity contribution in [3.8, 4) is 11.5 Å². The number of amides is 1. The molecule has 0 unspecified atom stereocenters. The number of nitrogens with zero attached hydrogens (tertiary/aromatic N) is 1. The highest BCUT2D eigenvalue weighted by Crippen LogP contribution is 2.53. The molecule has 7 heteroatoms. The summed E-state index contributed by atoms with van der Waals surface area (Å²) in [6.45, 7) is 9.21. The molecule has 1 aliphatic carbocycles. The Bertz CT molecular complexity index is 751. The first-order valence-electron chi connectivity index (χ1n) is 8.61. The Balaban J connectivity index is 2.09. The molecule has 7 nitrogen and oxygen atoms in total. The normalized spacial score (nSPS) is 20.7. The predicted octanol–water partition coefficient (Wildman–Crippen LogP) is 3.30. The molecule has 0 N–H and O–H groups in total. The Labute approximate surface area is 153 Å². The Kier molecular flexibility index (Phi) is 4.38. The molecule has 2 aliphatic rings. The van der Waals surface area contributed by atoms with Crippen LogP contribution in [0.1, 0.15) is 50.5 Å². The molecule has 3 rings (SSSR count). The number of Topliss-reactive ketones (excluding diaryl/α,β-unsaturated/α-hetero) is 1. The molecule has 0 bridgehead atoms. The summed E-state index contributed by atoms with van der Waals surface area (Å²) in [5.74, 6) is 0.780. The van der Waals surface area contributed by atoms with E-state index in [4.69, 9.17) is 18.9 Å². The lowest BCUT2D eigenvalue weighted by atomic mass is 9.62. The van der Waals surface area contributed by atoms with E-state index in [1.807, 2.05) is 13.8 Å². The largest absolute Gasteiger partial charge is 0.454 e. The summed E-state index contributed by atoms with van der Waals surface area (Å²) in [5, 5.41) is 0. The Morgan fingerprint density at radius 1 is 1.27 bits per heavy atom. The molecule has 0 saturated heterocycles. The van der Waals surface area contributed by atoms with Crippen LogP contribution in [-0.4, -0.2) is 43.0 Å². The third-order valence-corrected chi connectivity index (χ3v) is 4.65. The average Bonchev–Trinajstić information content (AvgIpc) is 2.98. The summed E-state index contributed by atoms with van der Waals surface area (Å²) in [6, 6.07) is 3.47. The van der Waals surface area contributed by atoms with Gasteiger partial charge in [0, 0.05) is 18.2 Å². The van der Waals surface area contributed by atoms with Crippen LogP contribution in [0.25, 0.3) is 0 Å². The minimum Gasteiger partial charge on any atom is -0.454 e. The number of rotatable bonds is 4. The lowest BCUT2D eigenvalue weighted by molar-refractivity contribution is -0.0548. The standard InChI is InChI=1S/C19H25NO6/c1-11(2)19(20(9-23-6)17(22)26-18(3,4)5)13-8-15-14(24-10-25-15)7-12(13)16(19)21/h7-8,11H,9-10H2,1-6H3/t19-/m0/s1. The maximum atomic E-state index is 13.2. The van der Waals surface area contributed by atoms with Crippen LogP contribution in [0, 0.1) is 5.92 Å². The summed E-state index contributed by atoms with van der Waals surface area (Å²) in [5.41, 5.74) is -0.585. The molecule has 0 spiro atoms. The van der Waals surface area contributed by atoms with Gasteiger partial charge in [-0.05, 0) is 38.8 Å². The summed E-state index contributed by atoms with van der Waals surface area (Å²) < 4.78 is 21.6. The maximum absolute atomic E-state index is 13.2. The van der Waals surface area contributed by atoms with Gasteiger partial charge in [0.25, 0.3) is 0 Å². The molecule has 0 radical (unpaired) electrons. The van der Waals surface area contributed by atoms with E-state index in [2.05, 4.69) is 0 Å². The first kappa shape index (κ1) is 18.5. The van der Waals surface area contributed by atoms with Gasteiger partial charge >= 0.3 is 6.09 Å². The summed E-state index contributed by atoms with van der Waals surface area (Å²) >= 11 is 0. The van der Waals surface area contributed by atoms with Crippen molar-refractivity contribution in [2.45, 2.75) is 45.8 Å². The number of ether oxygens (including phenoxy) is 4. The van der Waals surface area contributed by atoms with Crippen LogP contribution in [-0.2, 0) is 15.0 Å². The maximum Gasteiger partial charge on any atom is 0.413 e. The molecule has 1 aromatic carbocycles. The van der Waals surface area contributed by atoms with Gasteiger partial charge < -0.3 is 18.9 Å². The first-order valence-corrected chi connectivity index (χ1v) is 8.61. The van der Waals surface area contributed by atoms with Crippen LogP contribution in [0.4, 0.5) is 4.79 Å². The molecule has 142 valence electrons. The van der Waals surface area contributed by atoms with Crippen molar-refractivity contribution >= 4 is 11.9 Å². The lowest BCUT2D eigenvalue weighted by Crippen LogP contribution is -2.64. The fourth-order valence-corrected chi connectivity index (χ4v) is 3.61. The summed E-state index contributed by atoms with van der Waals surface area (Å²) in [4.78, 5) is 27.5. The fourth-order valence-electron chi connectivity index (χ4n) is 3.61. The quantitative estimate of drug-likeness (QED) is 0.764. The van der Waals surface area contributed by atoms with Gasteiger partial charge in [0.15, 0.2) is 17.3 Å². The third-order valence-electron chi connectivity index (χ3n) is 4.65. The average molecular weight is 363 g/mol. The molecule has 26 heavy (non-hydrogen) atoms. The summed E-state index contributed by atoms with van der Waals surface area (Å²) in [6.07, 6.45) is -0.593. The highest BCUT2D eigenvalue weighted by atomic mass is 16.7. The zero-order valence-electron chi connectivity index (χ0n) is 16.0. The van der Waals surface area contributed by atoms with Crippen molar-refractivity contribution in [1.82, 2.24) is 4.90 Å². The van der Waals surface area contributed by atoms with Gasteiger partial charge in [-0.2, -0.15) is 0 Å². The second-order valence-electron chi connectivity index (χ2n) is 7.83. The van der Waals surface area contributed by atoms with Crippen molar-refractivity contribution in [1.29, 1.82) is 0 Å². The molecule has 1 atom stereocenters. The topological polar surface area (TPSA) is 74.3 Å². The number of hydrogen-bond acceptors (Lipinski definition) is 6. The molecule has 0 aromatic heterocycles. The van der Waals surface area contributed by atoms with E-state index in [0.717, 1.165) is 5.56 Å². The highest BCUT2D eigenvalue weighted by molar-refractivity contribution is 6.15. The van der Waals surface area contributed by atoms with E-state index in [9.17, 15) is 9.59 Å². The van der Waals surface area contributed by atoms with Crippen molar-refractivity contribution < 1.29 is 28.5 Å². The Morgan fingerprint density at radius 3 is 2.42 bits per heavy atom. The number of methoxy groups -OCH3 is 1. The van der Waals surface area contributed by atoms with Crippen LogP contribution in [0.3, 0.4) is 0 Å². The second-order valence-corrected chi connectivity index (χ2v) is 7.83. The lowest BCUT2D eigenvalue weighted by Gasteiger charge is -2.51. The van der Waals surface area contributed by atoms with E-state index in [0.29, 0.717) is 17.1 Å². The Morgan fingerprint density at radius 2 is 1.88 bits per heavy atom. The third kappa shape index (κ3) is 2.61. The number of carbonyl (C=O) groups excluding carboxylic acids is 2. The first-order chi connectivity index (χ1) is 12.1. The molecule has 1 amide bonds. The van der Waals surface area contributed by atoms with Crippen LogP contribution < -0.4 is 9.47 Å². The van der Waals surface area contributed by atoms with Crippen LogP contribution in [0.15, 0.2) is 12.1 Å². The molecule has 0 saturated carbocycles. The molecule has 0 fully saturated rings. The molecular weight excluding hydrogens is 338 g/mol. The second kappa shape index (κ2) is 6.16. The predicted molar refractivity (Wildman–Crippen MR) is 93.4 cm³/mol. The monoisotopic (exact) mass is 363 g/mol. The molecule has 1 aromatic rings. The van der Waals surface area contributed by atoms with Crippen molar-refractivity contribution in [2.24, 2.45) is 5.92 Å². The molecule has 1 aliphatic heterocycles. The fraction of sp³-hybridized carbons (Fsp3) is 0.579. The van der Waals surface area contributed by atoms with Gasteiger partial charge in [0.05, 0.1) is 0 Å². The van der Waals surface area contributed by atoms with Gasteiger partial charge in [0.1, 0.15) is 17.9 Å². The van der Waals surface area contributed by atoms with Crippen molar-refractivity contribution in [3.05, 3.63) is 23.3 Å². The van der Waals surface area contributed by atoms with Crippen LogP contribution in [0.2, 0.25) is 0 Å². The Hall–Kier alpha value is -2.28. The number of fused-ring (bicyclic) bond motifs is 2. The van der Waals surface area contributed by atoms with Crippen molar-refractivity contribution in [3.63, 3.8) is 0 Å². The highest BCUT2D eigenvalue weighted by Gasteiger charge is 2.60. The van der Waals surface area contributed by atoms with Crippen LogP contribution >= 0.6 is 0 Å². The van der Waals surface area contributed by atoms with E-state index < -0.39 is 17.2 Å². The number of ketones is 1. The smallest absolute Gasteiger partial charge is 0.413 e. The summed E-state index contributed by atoms with van der Waals surface area (Å²) in [7, 11) is 1.48. The van der Waals surface area contributed by atoms with Crippen LogP contribution in [0.5, 0.6) is 11.5 Å². The van der Waals surface area contributed by atoms with Gasteiger partial charge in [-0.3, -0.25) is 9.69 Å². The SMILES string of the molecule is COCN(C(=O)OC(C)(C)C)[C@]1(C(C)C)C(=O)c2cc3c(cc21)OCO3. The zero-order chi connectivity index (χ0) is 19.3. The molecular formula is C19H25NO6. The zero-order valence-corrected chi connectivity index (χ0v) is 16.0. The van der Waals surface area contributed by atoms with Gasteiger partial charge in [0.2, 0.25) is 6.79 Å². The van der Waals surface area contributed by atoms with E-state index in [-0.39, 0.29) is 25.2 Å². The molecule has 1 heterocycles. The van der Waals surface area contributed by atoms with Crippen molar-refractivity contribution in [2.75, 3.05) is 20.6 Å². The van der Waals surface area contributed by atoms with E-state index >= 15 is 0 Å². The number of benzene rings is 1. The minimum absolute atomic E-state index is 0.0628. The van der Waals surface area contributed by atoms with E-state index in [1.165, 1.54) is 12.0 Å². The number of carbonyl (C=O) groups is 2. The number of hydrogen-bond donors (Lipinski definition) is 0. The van der Waals surface area contributed by atoms with Gasteiger partial charge in [-0.25, -0.2) is 4.79 Å².